The van der Waals surface area contributed by atoms with E-state index < -0.39 is 35.7 Å². The van der Waals surface area contributed by atoms with Gasteiger partial charge in [-0.15, -0.1) is 0 Å². The van der Waals surface area contributed by atoms with Crippen molar-refractivity contribution in [1.29, 1.82) is 0 Å². The molecule has 6 rings (SSSR count). The lowest BCUT2D eigenvalue weighted by atomic mass is 9.85. The van der Waals surface area contributed by atoms with E-state index in [0.29, 0.717) is 38.4 Å². The zero-order valence-electron chi connectivity index (χ0n) is 22.2. The molecule has 8 nitrogen and oxygen atoms in total. The van der Waals surface area contributed by atoms with Gasteiger partial charge in [0.05, 0.1) is 42.3 Å². The zero-order valence-corrected chi connectivity index (χ0v) is 23.8. The second kappa shape index (κ2) is 10.5. The largest absolute Gasteiger partial charge is 0.497 e. The molecule has 0 spiro atoms. The molecule has 2 amide bonds. The lowest BCUT2D eigenvalue weighted by Gasteiger charge is -2.33. The van der Waals surface area contributed by atoms with E-state index in [9.17, 15) is 19.2 Å². The summed E-state index contributed by atoms with van der Waals surface area (Å²) >= 11 is 3.44. The first kappa shape index (κ1) is 26.7. The molecule has 0 saturated carbocycles. The van der Waals surface area contributed by atoms with Crippen molar-refractivity contribution in [3.05, 3.63) is 112 Å². The predicted molar refractivity (Wildman–Crippen MR) is 155 cm³/mol. The number of Topliss-reactive ketones (excluding diaryl/α,β-unsaturated/α-hetero) is 2. The van der Waals surface area contributed by atoms with Gasteiger partial charge in [-0.3, -0.25) is 19.2 Å². The van der Waals surface area contributed by atoms with Crippen LogP contribution in [0.15, 0.2) is 101 Å². The van der Waals surface area contributed by atoms with Crippen LogP contribution in [0, 0.1) is 11.8 Å². The van der Waals surface area contributed by atoms with Gasteiger partial charge in [0, 0.05) is 22.9 Å². The Bertz CT molecular complexity index is 1630. The molecule has 206 valence electrons. The summed E-state index contributed by atoms with van der Waals surface area (Å²) in [5.74, 6) is -2.03. The molecule has 0 unspecified atom stereocenters. The Morgan fingerprint density at radius 1 is 0.829 bits per heavy atom. The van der Waals surface area contributed by atoms with Gasteiger partial charge in [-0.25, -0.2) is 4.90 Å². The van der Waals surface area contributed by atoms with Crippen LogP contribution in [-0.4, -0.2) is 54.6 Å². The molecule has 0 aromatic heterocycles. The molecule has 3 aromatic carbocycles. The molecule has 3 aliphatic heterocycles. The maximum Gasteiger partial charge on any atom is 0.240 e. The number of halogens is 1. The van der Waals surface area contributed by atoms with Crippen molar-refractivity contribution < 1.29 is 28.7 Å². The van der Waals surface area contributed by atoms with E-state index in [4.69, 9.17) is 9.47 Å². The Hall–Kier alpha value is -4.50. The molecule has 2 saturated heterocycles. The number of hydrogen-bond acceptors (Lipinski definition) is 7. The maximum absolute atomic E-state index is 14.1. The summed E-state index contributed by atoms with van der Waals surface area (Å²) in [7, 11) is 3.06. The van der Waals surface area contributed by atoms with E-state index in [1.54, 1.807) is 90.0 Å². The summed E-state index contributed by atoms with van der Waals surface area (Å²) < 4.78 is 11.1. The van der Waals surface area contributed by atoms with Crippen molar-refractivity contribution in [2.75, 3.05) is 19.1 Å². The maximum atomic E-state index is 14.1. The second-order valence-electron chi connectivity index (χ2n) is 9.99. The molecule has 3 aliphatic rings. The number of fused-ring (bicyclic) bond motifs is 3. The summed E-state index contributed by atoms with van der Waals surface area (Å²) in [4.78, 5) is 58.3. The van der Waals surface area contributed by atoms with Crippen molar-refractivity contribution in [1.82, 2.24) is 4.90 Å². The second-order valence-corrected chi connectivity index (χ2v) is 10.8. The number of anilines is 1. The van der Waals surface area contributed by atoms with Gasteiger partial charge < -0.3 is 14.4 Å². The fourth-order valence-electron chi connectivity index (χ4n) is 5.93. The van der Waals surface area contributed by atoms with Crippen LogP contribution in [0.3, 0.4) is 0 Å². The highest BCUT2D eigenvalue weighted by molar-refractivity contribution is 9.10. The fraction of sp³-hybridized carbons (Fsp3) is 0.188. The quantitative estimate of drug-likeness (QED) is 0.278. The number of hydrogen-bond donors (Lipinski definition) is 0. The van der Waals surface area contributed by atoms with Crippen LogP contribution in [-0.2, 0) is 9.59 Å². The number of amides is 2. The Labute approximate surface area is 245 Å². The van der Waals surface area contributed by atoms with E-state index in [1.807, 2.05) is 6.07 Å². The molecule has 0 bridgehead atoms. The number of carbonyl (C=O) groups is 4. The number of nitrogens with zero attached hydrogens (tertiary/aromatic N) is 2. The average molecular weight is 613 g/mol. The topological polar surface area (TPSA) is 93.2 Å². The van der Waals surface area contributed by atoms with Crippen LogP contribution in [0.2, 0.25) is 0 Å². The molecule has 4 atom stereocenters. The summed E-state index contributed by atoms with van der Waals surface area (Å²) in [6, 6.07) is 18.8. The summed E-state index contributed by atoms with van der Waals surface area (Å²) in [5.41, 5.74) is 1.68. The number of rotatable bonds is 7. The molecule has 0 radical (unpaired) electrons. The third kappa shape index (κ3) is 4.37. The minimum Gasteiger partial charge on any atom is -0.497 e. The van der Waals surface area contributed by atoms with Crippen LogP contribution in [0.1, 0.15) is 20.7 Å². The van der Waals surface area contributed by atoms with Crippen molar-refractivity contribution in [3.8, 4) is 11.5 Å². The van der Waals surface area contributed by atoms with E-state index in [1.165, 1.54) is 14.2 Å². The number of carbonyl (C=O) groups excluding carboxylic acids is 4. The van der Waals surface area contributed by atoms with Crippen LogP contribution < -0.4 is 14.4 Å². The molecule has 0 N–H and O–H groups in total. The highest BCUT2D eigenvalue weighted by atomic mass is 79.9. The first-order valence-electron chi connectivity index (χ1n) is 13.0. The lowest BCUT2D eigenvalue weighted by molar-refractivity contribution is -0.123. The van der Waals surface area contributed by atoms with Crippen LogP contribution in [0.25, 0.3) is 0 Å². The number of ketones is 2. The van der Waals surface area contributed by atoms with Crippen LogP contribution in [0.5, 0.6) is 11.5 Å². The molecular formula is C32H25BrN2O6. The number of allylic oxidation sites excluding steroid dienone is 2. The zero-order chi connectivity index (χ0) is 28.8. The van der Waals surface area contributed by atoms with E-state index in [0.717, 1.165) is 4.90 Å². The van der Waals surface area contributed by atoms with Gasteiger partial charge in [0.25, 0.3) is 0 Å². The number of imide groups is 1. The predicted octanol–water partition coefficient (Wildman–Crippen LogP) is 4.84. The Balaban J connectivity index is 1.42. The van der Waals surface area contributed by atoms with E-state index in [2.05, 4.69) is 15.9 Å². The third-order valence-corrected chi connectivity index (χ3v) is 8.50. The smallest absolute Gasteiger partial charge is 0.240 e. The van der Waals surface area contributed by atoms with E-state index in [-0.39, 0.29) is 11.6 Å². The standard InChI is InChI=1S/C32H25BrN2O6/c1-40-22-11-9-21(10-12-22)35-31(38)26-24-17-20(29(36)18-6-4-3-5-7-18)14-15-34(24)28(27(26)32(35)39)30(37)19-8-13-25(41-2)23(33)16-19/h3-17,24,26-28H,1-2H3/t24-,26+,27+,28-/m1/s1. The molecule has 3 aromatic rings. The van der Waals surface area contributed by atoms with Gasteiger partial charge >= 0.3 is 0 Å². The molecule has 3 heterocycles. The summed E-state index contributed by atoms with van der Waals surface area (Å²) in [5, 5.41) is 0. The minimum atomic E-state index is -0.953. The molecular weight excluding hydrogens is 588 g/mol. The highest BCUT2D eigenvalue weighted by Gasteiger charge is 2.63. The minimum absolute atomic E-state index is 0.198. The van der Waals surface area contributed by atoms with Gasteiger partial charge in [-0.05, 0) is 64.5 Å². The Morgan fingerprint density at radius 3 is 2.20 bits per heavy atom. The third-order valence-electron chi connectivity index (χ3n) is 7.88. The van der Waals surface area contributed by atoms with Crippen LogP contribution in [0.4, 0.5) is 5.69 Å². The summed E-state index contributed by atoms with van der Waals surface area (Å²) in [6.45, 7) is 0. The van der Waals surface area contributed by atoms with Gasteiger partial charge in [-0.1, -0.05) is 36.4 Å². The highest BCUT2D eigenvalue weighted by Crippen LogP contribution is 2.47. The Morgan fingerprint density at radius 2 is 1.54 bits per heavy atom. The number of benzene rings is 3. The molecule has 9 heteroatoms. The number of ether oxygens (including phenoxy) is 2. The first-order chi connectivity index (χ1) is 19.8. The van der Waals surface area contributed by atoms with Crippen molar-refractivity contribution in [2.45, 2.75) is 12.1 Å². The average Bonchev–Trinajstić information content (AvgIpc) is 3.48. The number of methoxy groups -OCH3 is 2. The van der Waals surface area contributed by atoms with E-state index >= 15 is 0 Å². The summed E-state index contributed by atoms with van der Waals surface area (Å²) in [6.07, 6.45) is 5.03. The Kier molecular flexibility index (Phi) is 6.83. The van der Waals surface area contributed by atoms with Gasteiger partial charge in [0.2, 0.25) is 11.8 Å². The van der Waals surface area contributed by atoms with Gasteiger partial charge in [0.15, 0.2) is 11.6 Å². The van der Waals surface area contributed by atoms with Gasteiger partial charge in [-0.2, -0.15) is 0 Å². The molecule has 41 heavy (non-hydrogen) atoms. The normalized spacial score (nSPS) is 22.8. The van der Waals surface area contributed by atoms with Crippen LogP contribution >= 0.6 is 15.9 Å². The van der Waals surface area contributed by atoms with Crippen molar-refractivity contribution >= 4 is 45.0 Å². The van der Waals surface area contributed by atoms with Gasteiger partial charge in [0.1, 0.15) is 17.5 Å². The molecule has 2 fully saturated rings. The van der Waals surface area contributed by atoms with Crippen molar-refractivity contribution in [3.63, 3.8) is 0 Å². The molecule has 0 aliphatic carbocycles. The first-order valence-corrected chi connectivity index (χ1v) is 13.8. The lowest BCUT2D eigenvalue weighted by Crippen LogP contribution is -2.46. The fourth-order valence-corrected chi connectivity index (χ4v) is 6.47. The van der Waals surface area contributed by atoms with Crippen molar-refractivity contribution in [2.24, 2.45) is 11.8 Å². The SMILES string of the molecule is COc1ccc(N2C(=O)[C@@H]3[C@H](C2=O)[C@H](C(=O)c2ccc(OC)c(Br)c2)N2C=CC(C(=O)c4ccccc4)=C[C@H]32)cc1. The monoisotopic (exact) mass is 612 g/mol.